The van der Waals surface area contributed by atoms with Crippen LogP contribution >= 0.6 is 0 Å². The molecule has 0 saturated carbocycles. The van der Waals surface area contributed by atoms with Gasteiger partial charge >= 0.3 is 30.2 Å². The highest BCUT2D eigenvalue weighted by molar-refractivity contribution is 5.87. The summed E-state index contributed by atoms with van der Waals surface area (Å²) >= 11 is 0. The highest BCUT2D eigenvalue weighted by Gasteiger charge is 2.57. The molecule has 12 heteroatoms. The van der Waals surface area contributed by atoms with Gasteiger partial charge in [0.2, 0.25) is 0 Å². The van der Waals surface area contributed by atoms with Crippen LogP contribution < -0.4 is 0 Å². The molecule has 0 radical (unpaired) electrons. The van der Waals surface area contributed by atoms with E-state index in [-0.39, 0.29) is 0 Å². The Morgan fingerprint density at radius 2 is 1.43 bits per heavy atom. The fourth-order valence-corrected chi connectivity index (χ4v) is 0.690. The van der Waals surface area contributed by atoms with E-state index in [2.05, 4.69) is 17.9 Å². The molecule has 0 heterocycles. The van der Waals surface area contributed by atoms with E-state index in [1.807, 2.05) is 0 Å². The molecule has 0 aromatic carbocycles. The smallest absolute Gasteiger partial charge is 0.453 e. The number of carbonyl (C=O) groups is 2. The van der Waals surface area contributed by atoms with Crippen molar-refractivity contribution >= 4 is 11.9 Å². The fourth-order valence-electron chi connectivity index (χ4n) is 0.690. The quantitative estimate of drug-likeness (QED) is 0.464. The van der Waals surface area contributed by atoms with Crippen molar-refractivity contribution < 1.29 is 54.6 Å². The largest absolute Gasteiger partial charge is 0.478 e. The normalized spacial score (nSPS) is 11.8. The maximum atomic E-state index is 12.4. The highest BCUT2D eigenvalue weighted by atomic mass is 19.4. The number of carboxylic acids is 1. The number of halogens is 8. The topological polar surface area (TPSA) is 63.6 Å². The molecule has 0 aromatic heterocycles. The van der Waals surface area contributed by atoms with Crippen molar-refractivity contribution in [1.29, 1.82) is 0 Å². The molecular formula is C11H10F8O4. The van der Waals surface area contributed by atoms with Crippen LogP contribution in [-0.2, 0) is 14.3 Å². The van der Waals surface area contributed by atoms with Crippen LogP contribution in [0.2, 0.25) is 0 Å². The molecule has 0 bridgehead atoms. The minimum Gasteiger partial charge on any atom is -0.478 e. The Bertz CT molecular complexity index is 450. The summed E-state index contributed by atoms with van der Waals surface area (Å²) in [5, 5.41) is 7.60. The third-order valence-corrected chi connectivity index (χ3v) is 1.68. The number of hydrogen-bond donors (Lipinski definition) is 1. The van der Waals surface area contributed by atoms with Crippen LogP contribution in [0.5, 0.6) is 0 Å². The number of alkyl halides is 8. The van der Waals surface area contributed by atoms with Gasteiger partial charge in [0, 0.05) is 11.6 Å². The standard InChI is InChI=1S/C8H6F8O2.C3H4O2/c1-4(2-6(9,10)8(14,15)16)5(17)18-3-7(11,12)13;1-2-3(4)5/h1-3H2;2H,1H2,(H,4,5). The van der Waals surface area contributed by atoms with Gasteiger partial charge in [0.05, 0.1) is 6.42 Å². The first-order chi connectivity index (χ1) is 10.0. The Labute approximate surface area is 124 Å². The third-order valence-electron chi connectivity index (χ3n) is 1.68. The van der Waals surface area contributed by atoms with Crippen LogP contribution in [0.15, 0.2) is 24.8 Å². The minimum absolute atomic E-state index is 0.833. The average Bonchev–Trinajstić information content (AvgIpc) is 2.33. The lowest BCUT2D eigenvalue weighted by atomic mass is 10.1. The van der Waals surface area contributed by atoms with Crippen LogP contribution in [0, 0.1) is 0 Å². The summed E-state index contributed by atoms with van der Waals surface area (Å²) in [5.41, 5.74) is -1.40. The molecule has 0 spiro atoms. The minimum atomic E-state index is -5.93. The first-order valence-electron chi connectivity index (χ1n) is 5.25. The van der Waals surface area contributed by atoms with Gasteiger partial charge in [0.1, 0.15) is 0 Å². The molecule has 0 saturated heterocycles. The lowest BCUT2D eigenvalue weighted by Gasteiger charge is -2.20. The van der Waals surface area contributed by atoms with E-state index in [0.717, 1.165) is 6.08 Å². The zero-order valence-corrected chi connectivity index (χ0v) is 11.1. The van der Waals surface area contributed by atoms with Crippen LogP contribution in [0.25, 0.3) is 0 Å². The van der Waals surface area contributed by atoms with Gasteiger partial charge in [-0.1, -0.05) is 13.2 Å². The molecular weight excluding hydrogens is 348 g/mol. The summed E-state index contributed by atoms with van der Waals surface area (Å²) in [7, 11) is 0. The van der Waals surface area contributed by atoms with Gasteiger partial charge in [-0.15, -0.1) is 0 Å². The monoisotopic (exact) mass is 358 g/mol. The number of carboxylic acid groups (broad SMARTS) is 1. The number of hydrogen-bond acceptors (Lipinski definition) is 3. The molecule has 0 aliphatic heterocycles. The Morgan fingerprint density at radius 3 is 1.70 bits per heavy atom. The van der Waals surface area contributed by atoms with E-state index in [0.29, 0.717) is 0 Å². The van der Waals surface area contributed by atoms with Crippen LogP contribution in [0.3, 0.4) is 0 Å². The molecule has 0 atom stereocenters. The van der Waals surface area contributed by atoms with Crippen molar-refractivity contribution in [1.82, 2.24) is 0 Å². The molecule has 0 aliphatic carbocycles. The molecule has 0 unspecified atom stereocenters. The first-order valence-corrected chi connectivity index (χ1v) is 5.25. The molecule has 134 valence electrons. The molecule has 0 rings (SSSR count). The van der Waals surface area contributed by atoms with Crippen LogP contribution in [-0.4, -0.2) is 41.9 Å². The Morgan fingerprint density at radius 1 is 1.04 bits per heavy atom. The second-order valence-electron chi connectivity index (χ2n) is 3.72. The number of esters is 1. The van der Waals surface area contributed by atoms with Gasteiger partial charge in [-0.25, -0.2) is 9.59 Å². The van der Waals surface area contributed by atoms with E-state index in [1.165, 1.54) is 0 Å². The van der Waals surface area contributed by atoms with Gasteiger partial charge in [-0.2, -0.15) is 35.1 Å². The number of rotatable bonds is 5. The zero-order valence-electron chi connectivity index (χ0n) is 11.1. The second-order valence-corrected chi connectivity index (χ2v) is 3.72. The van der Waals surface area contributed by atoms with Crippen molar-refractivity contribution in [3.05, 3.63) is 24.8 Å². The Kier molecular flexibility index (Phi) is 8.53. The Hall–Kier alpha value is -2.14. The lowest BCUT2D eigenvalue weighted by molar-refractivity contribution is -0.281. The van der Waals surface area contributed by atoms with Gasteiger partial charge < -0.3 is 9.84 Å². The molecule has 0 aromatic rings. The summed E-state index contributed by atoms with van der Waals surface area (Å²) in [4.78, 5) is 19.9. The molecule has 0 amide bonds. The van der Waals surface area contributed by atoms with Crippen molar-refractivity contribution in [2.75, 3.05) is 6.61 Å². The summed E-state index contributed by atoms with van der Waals surface area (Å²) in [6.07, 6.45) is -12.2. The predicted molar refractivity (Wildman–Crippen MR) is 59.6 cm³/mol. The maximum Gasteiger partial charge on any atom is 0.453 e. The Balaban J connectivity index is 0. The summed E-state index contributed by atoms with van der Waals surface area (Å²) in [6.45, 7) is 3.40. The van der Waals surface area contributed by atoms with Gasteiger partial charge in [-0.3, -0.25) is 0 Å². The van der Waals surface area contributed by atoms with Crippen molar-refractivity contribution in [2.24, 2.45) is 0 Å². The summed E-state index contributed by atoms with van der Waals surface area (Å²) < 4.78 is 98.1. The first kappa shape index (κ1) is 23.1. The van der Waals surface area contributed by atoms with Gasteiger partial charge in [0.25, 0.3) is 0 Å². The predicted octanol–water partition coefficient (Wildman–Crippen LogP) is 3.49. The van der Waals surface area contributed by atoms with Gasteiger partial charge in [-0.05, 0) is 0 Å². The summed E-state index contributed by atoms with van der Waals surface area (Å²) in [6, 6.07) is 0. The van der Waals surface area contributed by atoms with E-state index in [1.54, 1.807) is 0 Å². The van der Waals surface area contributed by atoms with Gasteiger partial charge in [0.15, 0.2) is 6.61 Å². The maximum absolute atomic E-state index is 12.4. The highest BCUT2D eigenvalue weighted by Crippen LogP contribution is 2.39. The average molecular weight is 358 g/mol. The SMILES string of the molecule is C=C(CC(F)(F)C(F)(F)F)C(=O)OCC(F)(F)F.C=CC(=O)O. The van der Waals surface area contributed by atoms with Crippen LogP contribution in [0.1, 0.15) is 6.42 Å². The molecule has 1 N–H and O–H groups in total. The number of ether oxygens (including phenoxy) is 1. The van der Waals surface area contributed by atoms with E-state index < -0.39 is 48.8 Å². The molecule has 0 aliphatic rings. The van der Waals surface area contributed by atoms with Crippen molar-refractivity contribution in [3.8, 4) is 0 Å². The van der Waals surface area contributed by atoms with E-state index in [9.17, 15) is 44.7 Å². The number of carbonyl (C=O) groups excluding carboxylic acids is 1. The van der Waals surface area contributed by atoms with E-state index >= 15 is 0 Å². The summed E-state index contributed by atoms with van der Waals surface area (Å²) in [5.74, 6) is -8.21. The lowest BCUT2D eigenvalue weighted by Crippen LogP contribution is -2.37. The molecule has 0 fully saturated rings. The number of aliphatic carboxylic acids is 1. The fraction of sp³-hybridized carbons (Fsp3) is 0.455. The van der Waals surface area contributed by atoms with Crippen LogP contribution in [0.4, 0.5) is 35.1 Å². The molecule has 4 nitrogen and oxygen atoms in total. The van der Waals surface area contributed by atoms with Crippen molar-refractivity contribution in [3.63, 3.8) is 0 Å². The third kappa shape index (κ3) is 11.1. The van der Waals surface area contributed by atoms with E-state index in [4.69, 9.17) is 5.11 Å². The van der Waals surface area contributed by atoms with Crippen molar-refractivity contribution in [2.45, 2.75) is 24.7 Å². The molecule has 23 heavy (non-hydrogen) atoms. The second kappa shape index (κ2) is 8.48. The zero-order chi connectivity index (χ0) is 19.1.